The quantitative estimate of drug-likeness (QED) is 0.368. The Hall–Kier alpha value is -4.64. The van der Waals surface area contributed by atoms with E-state index in [-0.39, 0.29) is 0 Å². The van der Waals surface area contributed by atoms with E-state index in [0.717, 1.165) is 57.4 Å². The second kappa shape index (κ2) is 7.99. The van der Waals surface area contributed by atoms with E-state index in [1.165, 1.54) is 16.7 Å². The minimum atomic E-state index is 0.772. The van der Waals surface area contributed by atoms with Crippen LogP contribution >= 0.6 is 0 Å². The Morgan fingerprint density at radius 3 is 2.77 bits per heavy atom. The minimum absolute atomic E-state index is 0.772. The second-order valence-corrected chi connectivity index (χ2v) is 8.86. The van der Waals surface area contributed by atoms with Gasteiger partial charge in [0.15, 0.2) is 0 Å². The number of aromatic nitrogens is 3. The van der Waals surface area contributed by atoms with Crippen molar-refractivity contribution in [3.05, 3.63) is 115 Å². The lowest BCUT2D eigenvalue weighted by atomic mass is 9.94. The molecular formula is C30H23N5. The first-order valence-electron chi connectivity index (χ1n) is 11.9. The van der Waals surface area contributed by atoms with Gasteiger partial charge in [-0.25, -0.2) is 9.50 Å². The third-order valence-electron chi connectivity index (χ3n) is 6.68. The smallest absolute Gasteiger partial charge is 0.0934 e. The van der Waals surface area contributed by atoms with Gasteiger partial charge in [0.2, 0.25) is 0 Å². The lowest BCUT2D eigenvalue weighted by Gasteiger charge is -2.17. The largest absolute Gasteiger partial charge is 0.387 e. The van der Waals surface area contributed by atoms with Gasteiger partial charge in [-0.05, 0) is 65.4 Å². The van der Waals surface area contributed by atoms with Crippen molar-refractivity contribution in [2.45, 2.75) is 0 Å². The molecule has 2 aliphatic rings. The van der Waals surface area contributed by atoms with Crippen molar-refractivity contribution in [3.63, 3.8) is 0 Å². The molecule has 7 rings (SSSR count). The van der Waals surface area contributed by atoms with Crippen LogP contribution in [0.4, 0.5) is 0 Å². The lowest BCUT2D eigenvalue weighted by Crippen LogP contribution is -2.13. The number of dihydropyridines is 2. The summed E-state index contributed by atoms with van der Waals surface area (Å²) in [5, 5.41) is 13.8. The molecule has 0 saturated carbocycles. The highest BCUT2D eigenvalue weighted by molar-refractivity contribution is 5.97. The maximum atomic E-state index is 5.22. The zero-order valence-electron chi connectivity index (χ0n) is 19.1. The van der Waals surface area contributed by atoms with Crippen LogP contribution in [-0.2, 0) is 0 Å². The van der Waals surface area contributed by atoms with Gasteiger partial charge in [-0.15, -0.1) is 0 Å². The molecule has 0 aliphatic carbocycles. The van der Waals surface area contributed by atoms with E-state index in [0.29, 0.717) is 0 Å². The third-order valence-corrected chi connectivity index (χ3v) is 6.68. The van der Waals surface area contributed by atoms with Crippen LogP contribution in [0.25, 0.3) is 49.9 Å². The maximum Gasteiger partial charge on any atom is 0.0934 e. The van der Waals surface area contributed by atoms with E-state index in [9.17, 15) is 0 Å². The van der Waals surface area contributed by atoms with E-state index in [1.807, 2.05) is 16.8 Å². The Balaban J connectivity index is 1.46. The van der Waals surface area contributed by atoms with Crippen LogP contribution < -0.4 is 10.6 Å². The van der Waals surface area contributed by atoms with Crippen molar-refractivity contribution in [1.82, 2.24) is 25.2 Å². The Morgan fingerprint density at radius 2 is 1.89 bits per heavy atom. The van der Waals surface area contributed by atoms with E-state index in [2.05, 4.69) is 102 Å². The summed E-state index contributed by atoms with van der Waals surface area (Å²) in [4.78, 5) is 5.22. The topological polar surface area (TPSA) is 54.2 Å². The monoisotopic (exact) mass is 453 g/mol. The van der Waals surface area contributed by atoms with Crippen molar-refractivity contribution in [2.24, 2.45) is 0 Å². The molecule has 5 heterocycles. The second-order valence-electron chi connectivity index (χ2n) is 8.86. The van der Waals surface area contributed by atoms with Crippen LogP contribution in [0.15, 0.2) is 103 Å². The summed E-state index contributed by atoms with van der Waals surface area (Å²) in [6, 6.07) is 23.3. The zero-order valence-corrected chi connectivity index (χ0v) is 19.1. The van der Waals surface area contributed by atoms with Crippen LogP contribution in [0.5, 0.6) is 0 Å². The number of nitrogens with zero attached hydrogens (tertiary/aromatic N) is 3. The van der Waals surface area contributed by atoms with Gasteiger partial charge in [0.05, 0.1) is 27.9 Å². The van der Waals surface area contributed by atoms with E-state index < -0.39 is 0 Å². The van der Waals surface area contributed by atoms with Crippen molar-refractivity contribution < 1.29 is 0 Å². The van der Waals surface area contributed by atoms with Crippen molar-refractivity contribution >= 4 is 38.5 Å². The zero-order chi connectivity index (χ0) is 23.2. The molecule has 0 saturated heterocycles. The number of benzene rings is 2. The number of rotatable bonds is 3. The molecule has 168 valence electrons. The summed E-state index contributed by atoms with van der Waals surface area (Å²) in [6.45, 7) is 1.64. The molecule has 2 aliphatic heterocycles. The van der Waals surface area contributed by atoms with Crippen LogP contribution in [0.3, 0.4) is 0 Å². The van der Waals surface area contributed by atoms with Gasteiger partial charge in [0, 0.05) is 35.6 Å². The fourth-order valence-electron chi connectivity index (χ4n) is 4.98. The molecule has 35 heavy (non-hydrogen) atoms. The van der Waals surface area contributed by atoms with Crippen LogP contribution in [0, 0.1) is 0 Å². The SMILES string of the molecule is C1=CNCC(c2cc(C3=CNCC=C3)cc3ccc(-c4cccc5c6ccccc6nn45)nc23)=C1. The van der Waals surface area contributed by atoms with Gasteiger partial charge in [-0.1, -0.05) is 48.6 Å². The molecule has 5 aromatic rings. The molecule has 0 atom stereocenters. The number of pyridine rings is 2. The molecule has 3 aromatic heterocycles. The van der Waals surface area contributed by atoms with E-state index >= 15 is 0 Å². The highest BCUT2D eigenvalue weighted by Gasteiger charge is 2.16. The number of nitrogens with one attached hydrogen (secondary N) is 2. The van der Waals surface area contributed by atoms with Gasteiger partial charge in [-0.2, -0.15) is 5.10 Å². The van der Waals surface area contributed by atoms with Gasteiger partial charge < -0.3 is 10.6 Å². The number of allylic oxidation sites excluding steroid dienone is 4. The van der Waals surface area contributed by atoms with Gasteiger partial charge >= 0.3 is 0 Å². The Labute approximate surface area is 202 Å². The summed E-state index contributed by atoms with van der Waals surface area (Å²) < 4.78 is 2.01. The molecule has 0 radical (unpaired) electrons. The number of hydrogen-bond donors (Lipinski definition) is 2. The summed E-state index contributed by atoms with van der Waals surface area (Å²) in [5.74, 6) is 0. The normalized spacial score (nSPS) is 15.2. The standard InChI is InChI=1S/C30H23N5/c1-2-9-26-24(8-1)28-10-3-11-29(35(28)34-26)27-13-12-20-16-23(21-6-4-14-31-18-21)17-25(30(20)33-27)22-7-5-15-32-19-22/h1-13,15-18,31-32H,14,19H2. The van der Waals surface area contributed by atoms with Gasteiger partial charge in [0.1, 0.15) is 0 Å². The molecule has 0 spiro atoms. The molecule has 0 fully saturated rings. The summed E-state index contributed by atoms with van der Waals surface area (Å²) in [6.07, 6.45) is 12.6. The van der Waals surface area contributed by atoms with Crippen molar-refractivity contribution in [2.75, 3.05) is 13.1 Å². The average molecular weight is 454 g/mol. The maximum absolute atomic E-state index is 5.22. The first kappa shape index (κ1) is 19.8. The first-order chi connectivity index (χ1) is 17.3. The average Bonchev–Trinajstić information content (AvgIpc) is 3.32. The molecule has 2 aromatic carbocycles. The highest BCUT2D eigenvalue weighted by atomic mass is 15.2. The molecule has 2 N–H and O–H groups in total. The molecular weight excluding hydrogens is 430 g/mol. The molecule has 0 amide bonds. The molecule has 5 nitrogen and oxygen atoms in total. The number of hydrogen-bond acceptors (Lipinski definition) is 4. The predicted octanol–water partition coefficient (Wildman–Crippen LogP) is 5.70. The van der Waals surface area contributed by atoms with Crippen LogP contribution in [0.1, 0.15) is 11.1 Å². The molecule has 0 unspecified atom stereocenters. The molecule has 5 heteroatoms. The van der Waals surface area contributed by atoms with Crippen LogP contribution in [0.2, 0.25) is 0 Å². The van der Waals surface area contributed by atoms with E-state index in [4.69, 9.17) is 10.1 Å². The Kier molecular flexibility index (Phi) is 4.52. The third kappa shape index (κ3) is 3.32. The first-order valence-corrected chi connectivity index (χ1v) is 11.9. The van der Waals surface area contributed by atoms with Gasteiger partial charge in [-0.3, -0.25) is 0 Å². The predicted molar refractivity (Wildman–Crippen MR) is 144 cm³/mol. The van der Waals surface area contributed by atoms with Crippen molar-refractivity contribution in [1.29, 1.82) is 0 Å². The van der Waals surface area contributed by atoms with Crippen LogP contribution in [-0.4, -0.2) is 27.7 Å². The number of fused-ring (bicyclic) bond motifs is 4. The fourth-order valence-corrected chi connectivity index (χ4v) is 4.98. The van der Waals surface area contributed by atoms with E-state index in [1.54, 1.807) is 0 Å². The summed E-state index contributed by atoms with van der Waals surface area (Å²) in [7, 11) is 0. The lowest BCUT2D eigenvalue weighted by molar-refractivity contribution is 0.976. The fraction of sp³-hybridized carbons (Fsp3) is 0.0667. The Bertz CT molecular complexity index is 1750. The molecule has 0 bridgehead atoms. The van der Waals surface area contributed by atoms with Gasteiger partial charge in [0.25, 0.3) is 0 Å². The summed E-state index contributed by atoms with van der Waals surface area (Å²) in [5.41, 5.74) is 9.68. The van der Waals surface area contributed by atoms with Crippen molar-refractivity contribution in [3.8, 4) is 11.4 Å². The Morgan fingerprint density at radius 1 is 0.914 bits per heavy atom. The highest BCUT2D eigenvalue weighted by Crippen LogP contribution is 2.32. The summed E-state index contributed by atoms with van der Waals surface area (Å²) >= 11 is 0. The minimum Gasteiger partial charge on any atom is -0.387 e.